The van der Waals surface area contributed by atoms with Gasteiger partial charge in [-0.1, -0.05) is 32.0 Å². The van der Waals surface area contributed by atoms with Crippen molar-refractivity contribution in [2.45, 2.75) is 32.1 Å². The Bertz CT molecular complexity index is 1010. The molecule has 1 atom stereocenters. The van der Waals surface area contributed by atoms with Gasteiger partial charge in [-0.2, -0.15) is 0 Å². The molecule has 1 aliphatic heterocycles. The number of carbonyl (C=O) groups excluding carboxylic acids is 2. The molecule has 1 aromatic carbocycles. The highest BCUT2D eigenvalue weighted by atomic mass is 16.2. The van der Waals surface area contributed by atoms with Crippen molar-refractivity contribution < 1.29 is 9.59 Å². The number of para-hydroxylation sites is 1. The Kier molecular flexibility index (Phi) is 3.91. The second-order valence-corrected chi connectivity index (χ2v) is 6.74. The SMILES string of the molecule is CC(C)c1nnc2ccc(NC(=O)C3CC(=O)Nc4ccccc43)cn12. The summed E-state index contributed by atoms with van der Waals surface area (Å²) < 4.78 is 1.88. The molecule has 4 rings (SSSR count). The van der Waals surface area contributed by atoms with Crippen LogP contribution in [-0.4, -0.2) is 26.4 Å². The maximum absolute atomic E-state index is 12.8. The molecule has 0 saturated carbocycles. The molecule has 7 heteroatoms. The lowest BCUT2D eigenvalue weighted by molar-refractivity contribution is -0.123. The Morgan fingerprint density at radius 3 is 2.85 bits per heavy atom. The van der Waals surface area contributed by atoms with E-state index in [-0.39, 0.29) is 24.2 Å². The fraction of sp³-hybridized carbons (Fsp3) is 0.263. The lowest BCUT2D eigenvalue weighted by Crippen LogP contribution is -2.30. The summed E-state index contributed by atoms with van der Waals surface area (Å²) >= 11 is 0. The van der Waals surface area contributed by atoms with E-state index in [4.69, 9.17) is 0 Å². The van der Waals surface area contributed by atoms with Crippen LogP contribution in [0.3, 0.4) is 0 Å². The lowest BCUT2D eigenvalue weighted by Gasteiger charge is -2.24. The second kappa shape index (κ2) is 6.25. The molecule has 1 aliphatic rings. The van der Waals surface area contributed by atoms with Gasteiger partial charge in [-0.25, -0.2) is 0 Å². The first kappa shape index (κ1) is 16.3. The molecule has 2 N–H and O–H groups in total. The Morgan fingerprint density at radius 2 is 2.04 bits per heavy atom. The molecule has 7 nitrogen and oxygen atoms in total. The van der Waals surface area contributed by atoms with Gasteiger partial charge in [-0.3, -0.25) is 14.0 Å². The van der Waals surface area contributed by atoms with Crippen LogP contribution in [0, 0.1) is 0 Å². The van der Waals surface area contributed by atoms with E-state index in [2.05, 4.69) is 20.8 Å². The fourth-order valence-electron chi connectivity index (χ4n) is 3.25. The second-order valence-electron chi connectivity index (χ2n) is 6.74. The third-order valence-corrected chi connectivity index (χ3v) is 4.53. The molecular weight excluding hydrogens is 330 g/mol. The van der Waals surface area contributed by atoms with E-state index in [1.54, 1.807) is 6.07 Å². The molecule has 3 aromatic rings. The summed E-state index contributed by atoms with van der Waals surface area (Å²) in [6.45, 7) is 4.08. The van der Waals surface area contributed by atoms with Gasteiger partial charge in [-0.05, 0) is 23.8 Å². The molecule has 0 bridgehead atoms. The fourth-order valence-corrected chi connectivity index (χ4v) is 3.25. The van der Waals surface area contributed by atoms with E-state index >= 15 is 0 Å². The predicted molar refractivity (Wildman–Crippen MR) is 98.1 cm³/mol. The first-order valence-electron chi connectivity index (χ1n) is 8.57. The van der Waals surface area contributed by atoms with Crippen molar-refractivity contribution in [1.82, 2.24) is 14.6 Å². The zero-order valence-corrected chi connectivity index (χ0v) is 14.6. The van der Waals surface area contributed by atoms with Crippen LogP contribution in [0.4, 0.5) is 11.4 Å². The summed E-state index contributed by atoms with van der Waals surface area (Å²) in [5.74, 6) is 0.176. The van der Waals surface area contributed by atoms with Crippen LogP contribution in [0.5, 0.6) is 0 Å². The maximum atomic E-state index is 12.8. The van der Waals surface area contributed by atoms with E-state index in [1.165, 1.54) is 0 Å². The molecular formula is C19H19N5O2. The zero-order valence-electron chi connectivity index (χ0n) is 14.6. The highest BCUT2D eigenvalue weighted by Crippen LogP contribution is 2.32. The number of nitrogens with zero attached hydrogens (tertiary/aromatic N) is 3. The van der Waals surface area contributed by atoms with E-state index in [9.17, 15) is 9.59 Å². The number of nitrogens with one attached hydrogen (secondary N) is 2. The maximum Gasteiger partial charge on any atom is 0.232 e. The topological polar surface area (TPSA) is 88.4 Å². The van der Waals surface area contributed by atoms with E-state index in [1.807, 2.05) is 54.8 Å². The van der Waals surface area contributed by atoms with Crippen molar-refractivity contribution in [2.24, 2.45) is 0 Å². The molecule has 3 heterocycles. The Labute approximate surface area is 150 Å². The van der Waals surface area contributed by atoms with E-state index < -0.39 is 5.92 Å². The van der Waals surface area contributed by atoms with Crippen molar-refractivity contribution in [3.8, 4) is 0 Å². The van der Waals surface area contributed by atoms with Crippen LogP contribution in [0.15, 0.2) is 42.6 Å². The molecule has 2 aromatic heterocycles. The van der Waals surface area contributed by atoms with Gasteiger partial charge < -0.3 is 10.6 Å². The number of fused-ring (bicyclic) bond motifs is 2. The van der Waals surface area contributed by atoms with Gasteiger partial charge >= 0.3 is 0 Å². The summed E-state index contributed by atoms with van der Waals surface area (Å²) in [5.41, 5.74) is 2.90. The van der Waals surface area contributed by atoms with Gasteiger partial charge in [0.2, 0.25) is 11.8 Å². The van der Waals surface area contributed by atoms with Gasteiger partial charge in [0, 0.05) is 24.2 Å². The van der Waals surface area contributed by atoms with Crippen LogP contribution in [0.2, 0.25) is 0 Å². The Balaban J connectivity index is 1.63. The first-order valence-corrected chi connectivity index (χ1v) is 8.57. The highest BCUT2D eigenvalue weighted by Gasteiger charge is 2.30. The quantitative estimate of drug-likeness (QED) is 0.761. The minimum absolute atomic E-state index is 0.134. The minimum atomic E-state index is -0.513. The van der Waals surface area contributed by atoms with Crippen molar-refractivity contribution in [2.75, 3.05) is 10.6 Å². The summed E-state index contributed by atoms with van der Waals surface area (Å²) in [6.07, 6.45) is 1.95. The third-order valence-electron chi connectivity index (χ3n) is 4.53. The molecule has 1 unspecified atom stereocenters. The largest absolute Gasteiger partial charge is 0.326 e. The number of carbonyl (C=O) groups is 2. The number of hydrogen-bond acceptors (Lipinski definition) is 4. The first-order chi connectivity index (χ1) is 12.5. The van der Waals surface area contributed by atoms with Crippen LogP contribution >= 0.6 is 0 Å². The molecule has 0 fully saturated rings. The summed E-state index contributed by atoms with van der Waals surface area (Å²) in [4.78, 5) is 24.8. The molecule has 0 spiro atoms. The monoisotopic (exact) mass is 349 g/mol. The molecule has 0 radical (unpaired) electrons. The summed E-state index contributed by atoms with van der Waals surface area (Å²) in [5, 5.41) is 14.1. The van der Waals surface area contributed by atoms with Gasteiger partial charge in [0.15, 0.2) is 5.65 Å². The van der Waals surface area contributed by atoms with Gasteiger partial charge in [-0.15, -0.1) is 10.2 Å². The lowest BCUT2D eigenvalue weighted by atomic mass is 9.90. The van der Waals surface area contributed by atoms with E-state index in [0.29, 0.717) is 11.4 Å². The highest BCUT2D eigenvalue weighted by molar-refractivity contribution is 6.05. The van der Waals surface area contributed by atoms with Crippen molar-refractivity contribution >= 4 is 28.8 Å². The Hall–Kier alpha value is -3.22. The van der Waals surface area contributed by atoms with Gasteiger partial charge in [0.1, 0.15) is 5.82 Å². The van der Waals surface area contributed by atoms with Crippen LogP contribution in [0.25, 0.3) is 5.65 Å². The predicted octanol–water partition coefficient (Wildman–Crippen LogP) is 2.92. The van der Waals surface area contributed by atoms with Crippen LogP contribution < -0.4 is 10.6 Å². The average Bonchev–Trinajstić information content (AvgIpc) is 3.04. The molecule has 0 aliphatic carbocycles. The number of pyridine rings is 1. The summed E-state index contributed by atoms with van der Waals surface area (Å²) in [7, 11) is 0. The number of benzene rings is 1. The summed E-state index contributed by atoms with van der Waals surface area (Å²) in [6, 6.07) is 11.0. The minimum Gasteiger partial charge on any atom is -0.326 e. The average molecular weight is 349 g/mol. The van der Waals surface area contributed by atoms with Crippen molar-refractivity contribution in [3.05, 3.63) is 54.0 Å². The van der Waals surface area contributed by atoms with Crippen LogP contribution in [0.1, 0.15) is 43.5 Å². The number of amides is 2. The van der Waals surface area contributed by atoms with Gasteiger partial charge in [0.25, 0.3) is 0 Å². The van der Waals surface area contributed by atoms with Crippen LogP contribution in [-0.2, 0) is 9.59 Å². The normalized spacial score (nSPS) is 16.4. The van der Waals surface area contributed by atoms with E-state index in [0.717, 1.165) is 17.0 Å². The molecule has 132 valence electrons. The van der Waals surface area contributed by atoms with Crippen molar-refractivity contribution in [3.63, 3.8) is 0 Å². The zero-order chi connectivity index (χ0) is 18.3. The third kappa shape index (κ3) is 2.81. The standard InChI is InChI=1S/C19H19N5O2/c1-11(2)18-23-22-16-8-7-12(10-24(16)18)20-19(26)14-9-17(25)21-15-6-4-3-5-13(14)15/h3-8,10-11,14H,9H2,1-2H3,(H,20,26)(H,21,25). The number of hydrogen-bond donors (Lipinski definition) is 2. The number of anilines is 2. The van der Waals surface area contributed by atoms with Crippen molar-refractivity contribution in [1.29, 1.82) is 0 Å². The molecule has 2 amide bonds. The van der Waals surface area contributed by atoms with Gasteiger partial charge in [0.05, 0.1) is 11.6 Å². The molecule has 0 saturated heterocycles. The Morgan fingerprint density at radius 1 is 1.23 bits per heavy atom. The molecule has 26 heavy (non-hydrogen) atoms. The number of aromatic nitrogens is 3. The smallest absolute Gasteiger partial charge is 0.232 e. The number of rotatable bonds is 3.